The van der Waals surface area contributed by atoms with Crippen molar-refractivity contribution in [2.45, 2.75) is 0 Å². The summed E-state index contributed by atoms with van der Waals surface area (Å²) in [6.07, 6.45) is 0. The largest absolute Gasteiger partial charge is 0.352 e. The number of carbonyl (C=O) groups excluding carboxylic acids is 1. The molecule has 12 heavy (non-hydrogen) atoms. The van der Waals surface area contributed by atoms with Gasteiger partial charge < -0.3 is 4.98 Å². The van der Waals surface area contributed by atoms with Gasteiger partial charge in [0.05, 0.1) is 5.69 Å². The van der Waals surface area contributed by atoms with Crippen molar-refractivity contribution in [1.29, 1.82) is 0 Å². The normalized spacial score (nSPS) is 10.4. The van der Waals surface area contributed by atoms with Crippen LogP contribution in [0.3, 0.4) is 0 Å². The first-order valence-corrected chi connectivity index (χ1v) is 3.71. The van der Waals surface area contributed by atoms with Crippen molar-refractivity contribution in [3.63, 3.8) is 0 Å². The molecule has 0 amide bonds. The van der Waals surface area contributed by atoms with Crippen molar-refractivity contribution in [3.8, 4) is 0 Å². The second-order valence-corrected chi connectivity index (χ2v) is 2.69. The zero-order valence-corrected chi connectivity index (χ0v) is 6.50. The van der Waals surface area contributed by atoms with Gasteiger partial charge in [-0.05, 0) is 12.1 Å². The number of hydrogen-bond acceptors (Lipinski definition) is 1. The number of para-hydroxylation sites is 1. The fourth-order valence-corrected chi connectivity index (χ4v) is 1.22. The highest BCUT2D eigenvalue weighted by Crippen LogP contribution is 2.14. The van der Waals surface area contributed by atoms with E-state index in [4.69, 9.17) is 0 Å². The minimum atomic E-state index is -0.175. The van der Waals surface area contributed by atoms with Crippen LogP contribution in [0.25, 0.3) is 10.9 Å². The number of H-pyrrole nitrogens is 1. The SMILES string of the molecule is [CH2]C(=O)c1cc2ccccc2[nH]1. The van der Waals surface area contributed by atoms with Crippen LogP contribution in [-0.2, 0) is 0 Å². The van der Waals surface area contributed by atoms with E-state index in [1.165, 1.54) is 0 Å². The lowest BCUT2D eigenvalue weighted by molar-refractivity contribution is 0.104. The highest BCUT2D eigenvalue weighted by atomic mass is 16.1. The molecular formula is C10H8NO. The molecule has 0 atom stereocenters. The van der Waals surface area contributed by atoms with Crippen LogP contribution in [0.5, 0.6) is 0 Å². The van der Waals surface area contributed by atoms with Crippen LogP contribution in [0.4, 0.5) is 0 Å². The summed E-state index contributed by atoms with van der Waals surface area (Å²) in [5.41, 5.74) is 1.54. The Labute approximate surface area is 70.2 Å². The van der Waals surface area contributed by atoms with Gasteiger partial charge in [0.15, 0.2) is 5.78 Å². The van der Waals surface area contributed by atoms with Crippen LogP contribution in [0.2, 0.25) is 0 Å². The first-order valence-electron chi connectivity index (χ1n) is 3.71. The predicted octanol–water partition coefficient (Wildman–Crippen LogP) is 2.18. The monoisotopic (exact) mass is 158 g/mol. The number of carbonyl (C=O) groups is 1. The number of aromatic amines is 1. The van der Waals surface area contributed by atoms with Gasteiger partial charge in [-0.15, -0.1) is 0 Å². The van der Waals surface area contributed by atoms with E-state index in [0.29, 0.717) is 5.69 Å². The van der Waals surface area contributed by atoms with Crippen molar-refractivity contribution >= 4 is 16.7 Å². The van der Waals surface area contributed by atoms with E-state index < -0.39 is 0 Å². The zero-order chi connectivity index (χ0) is 8.55. The molecule has 0 saturated carbocycles. The Balaban J connectivity index is 2.70. The van der Waals surface area contributed by atoms with E-state index in [2.05, 4.69) is 11.9 Å². The molecule has 0 aliphatic rings. The summed E-state index contributed by atoms with van der Waals surface area (Å²) in [6, 6.07) is 9.56. The number of Topliss-reactive ketones (excluding diaryl/α,β-unsaturated/α-hetero) is 1. The molecule has 2 heteroatoms. The quantitative estimate of drug-likeness (QED) is 0.634. The topological polar surface area (TPSA) is 32.9 Å². The summed E-state index contributed by atoms with van der Waals surface area (Å²) in [6.45, 7) is 3.33. The first kappa shape index (κ1) is 7.10. The summed E-state index contributed by atoms with van der Waals surface area (Å²) in [5, 5.41) is 1.05. The average molecular weight is 158 g/mol. The van der Waals surface area contributed by atoms with Crippen molar-refractivity contribution in [1.82, 2.24) is 4.98 Å². The highest BCUT2D eigenvalue weighted by molar-refractivity contribution is 6.01. The number of fused-ring (bicyclic) bond motifs is 1. The summed E-state index contributed by atoms with van der Waals surface area (Å²) in [4.78, 5) is 13.9. The molecule has 0 unspecified atom stereocenters. The van der Waals surface area contributed by atoms with Crippen LogP contribution >= 0.6 is 0 Å². The van der Waals surface area contributed by atoms with Gasteiger partial charge in [0.25, 0.3) is 0 Å². The number of rotatable bonds is 1. The van der Waals surface area contributed by atoms with Gasteiger partial charge in [-0.2, -0.15) is 0 Å². The number of ketones is 1. The third kappa shape index (κ3) is 1.01. The molecule has 1 aromatic heterocycles. The Kier molecular flexibility index (Phi) is 1.47. The molecule has 0 spiro atoms. The molecule has 0 aliphatic heterocycles. The molecule has 0 aliphatic carbocycles. The summed E-state index contributed by atoms with van der Waals surface area (Å²) >= 11 is 0. The maximum absolute atomic E-state index is 10.9. The number of aromatic nitrogens is 1. The lowest BCUT2D eigenvalue weighted by Gasteiger charge is -1.84. The molecule has 1 aromatic carbocycles. The molecule has 2 aromatic rings. The molecule has 1 heterocycles. The van der Waals surface area contributed by atoms with Crippen molar-refractivity contribution in [3.05, 3.63) is 42.9 Å². The lowest BCUT2D eigenvalue weighted by Crippen LogP contribution is -1.90. The Bertz CT molecular complexity index is 395. The smallest absolute Gasteiger partial charge is 0.179 e. The van der Waals surface area contributed by atoms with Crippen LogP contribution in [0.15, 0.2) is 30.3 Å². The van der Waals surface area contributed by atoms with Crippen molar-refractivity contribution in [2.75, 3.05) is 0 Å². The summed E-state index contributed by atoms with van der Waals surface area (Å²) < 4.78 is 0. The van der Waals surface area contributed by atoms with Gasteiger partial charge in [0.2, 0.25) is 0 Å². The van der Waals surface area contributed by atoms with E-state index in [1.807, 2.05) is 30.3 Å². The van der Waals surface area contributed by atoms with Crippen molar-refractivity contribution < 1.29 is 4.79 Å². The fraction of sp³-hybridized carbons (Fsp3) is 0. The van der Waals surface area contributed by atoms with E-state index in [9.17, 15) is 4.79 Å². The van der Waals surface area contributed by atoms with Crippen LogP contribution in [0.1, 0.15) is 10.5 Å². The number of benzene rings is 1. The maximum Gasteiger partial charge on any atom is 0.179 e. The van der Waals surface area contributed by atoms with Gasteiger partial charge >= 0.3 is 0 Å². The molecule has 0 bridgehead atoms. The van der Waals surface area contributed by atoms with Gasteiger partial charge in [-0.25, -0.2) is 0 Å². The molecule has 59 valence electrons. The number of nitrogens with one attached hydrogen (secondary N) is 1. The van der Waals surface area contributed by atoms with E-state index in [0.717, 1.165) is 10.9 Å². The van der Waals surface area contributed by atoms with Gasteiger partial charge in [0, 0.05) is 17.8 Å². The molecule has 0 saturated heterocycles. The van der Waals surface area contributed by atoms with Crippen LogP contribution < -0.4 is 0 Å². The van der Waals surface area contributed by atoms with Crippen LogP contribution in [0, 0.1) is 6.92 Å². The van der Waals surface area contributed by atoms with Gasteiger partial charge in [0.1, 0.15) is 0 Å². The standard InChI is InChI=1S/C10H8NO/c1-7(12)10-6-8-4-2-3-5-9(8)11-10/h2-6,11H,1H2. The maximum atomic E-state index is 10.9. The third-order valence-electron chi connectivity index (χ3n) is 1.83. The summed E-state index contributed by atoms with van der Waals surface area (Å²) in [7, 11) is 0. The molecular weight excluding hydrogens is 150 g/mol. The van der Waals surface area contributed by atoms with E-state index >= 15 is 0 Å². The molecule has 2 rings (SSSR count). The minimum Gasteiger partial charge on any atom is -0.352 e. The van der Waals surface area contributed by atoms with Gasteiger partial charge in [-0.3, -0.25) is 4.79 Å². The number of hydrogen-bond donors (Lipinski definition) is 1. The lowest BCUT2D eigenvalue weighted by atomic mass is 10.2. The van der Waals surface area contributed by atoms with E-state index in [1.54, 1.807) is 0 Å². The van der Waals surface area contributed by atoms with Gasteiger partial charge in [-0.1, -0.05) is 18.2 Å². The van der Waals surface area contributed by atoms with E-state index in [-0.39, 0.29) is 5.78 Å². The Morgan fingerprint density at radius 3 is 2.75 bits per heavy atom. The second-order valence-electron chi connectivity index (χ2n) is 2.69. The highest BCUT2D eigenvalue weighted by Gasteiger charge is 2.02. The predicted molar refractivity (Wildman–Crippen MR) is 48.0 cm³/mol. The molecule has 0 fully saturated rings. The second kappa shape index (κ2) is 2.48. The Morgan fingerprint density at radius 1 is 1.33 bits per heavy atom. The molecule has 1 radical (unpaired) electrons. The van der Waals surface area contributed by atoms with Crippen LogP contribution in [-0.4, -0.2) is 10.8 Å². The average Bonchev–Trinajstić information content (AvgIpc) is 2.46. The molecule has 1 N–H and O–H groups in total. The minimum absolute atomic E-state index is 0.175. The summed E-state index contributed by atoms with van der Waals surface area (Å²) in [5.74, 6) is -0.175. The zero-order valence-electron chi connectivity index (χ0n) is 6.50. The third-order valence-corrected chi connectivity index (χ3v) is 1.83. The Hall–Kier alpha value is -1.57. The first-order chi connectivity index (χ1) is 5.77. The fourth-order valence-electron chi connectivity index (χ4n) is 1.22. The van der Waals surface area contributed by atoms with Crippen molar-refractivity contribution in [2.24, 2.45) is 0 Å². The Morgan fingerprint density at radius 2 is 2.08 bits per heavy atom. The molecule has 2 nitrogen and oxygen atoms in total.